The summed E-state index contributed by atoms with van der Waals surface area (Å²) in [7, 11) is 1.48. The molecule has 0 fully saturated rings. The zero-order valence-electron chi connectivity index (χ0n) is 12.0. The van der Waals surface area contributed by atoms with Crippen LogP contribution in [0.4, 0.5) is 5.69 Å². The molecule has 6 heteroatoms. The molecule has 1 aromatic carbocycles. The molecule has 0 saturated heterocycles. The summed E-state index contributed by atoms with van der Waals surface area (Å²) in [6, 6.07) is 9.11. The van der Waals surface area contributed by atoms with Gasteiger partial charge in [-0.15, -0.1) is 11.3 Å². The maximum Gasteiger partial charge on any atom is 0.277 e. The van der Waals surface area contributed by atoms with Gasteiger partial charge in [-0.2, -0.15) is 0 Å². The number of aryl methyl sites for hydroxylation is 1. The molecule has 112 valence electrons. The van der Waals surface area contributed by atoms with Crippen molar-refractivity contribution in [3.05, 3.63) is 56.9 Å². The van der Waals surface area contributed by atoms with Gasteiger partial charge >= 0.3 is 0 Å². The van der Waals surface area contributed by atoms with Gasteiger partial charge in [0.1, 0.15) is 5.70 Å². The number of carbonyl (C=O) groups is 2. The maximum atomic E-state index is 12.3. The van der Waals surface area contributed by atoms with Gasteiger partial charge in [-0.05, 0) is 36.1 Å². The SMILES string of the molecule is Cc1ccc(NC2=C(c3cccs3)C(=O)N(C)C2=O)cc1Cl. The van der Waals surface area contributed by atoms with Crippen LogP contribution >= 0.6 is 22.9 Å². The molecule has 1 aromatic heterocycles. The second-order valence-corrected chi connectivity index (χ2v) is 6.34. The summed E-state index contributed by atoms with van der Waals surface area (Å²) in [6.07, 6.45) is 0. The van der Waals surface area contributed by atoms with E-state index >= 15 is 0 Å². The third-order valence-electron chi connectivity index (χ3n) is 3.50. The molecular weight excluding hydrogens is 320 g/mol. The molecule has 0 aliphatic carbocycles. The summed E-state index contributed by atoms with van der Waals surface area (Å²) < 4.78 is 0. The van der Waals surface area contributed by atoms with Crippen LogP contribution in [0.5, 0.6) is 0 Å². The highest BCUT2D eigenvalue weighted by Gasteiger charge is 2.37. The van der Waals surface area contributed by atoms with E-state index in [1.807, 2.05) is 36.6 Å². The highest BCUT2D eigenvalue weighted by atomic mass is 35.5. The molecule has 2 heterocycles. The predicted octanol–water partition coefficient (Wildman–Crippen LogP) is 3.53. The first kappa shape index (κ1) is 14.8. The number of amides is 2. The molecule has 3 rings (SSSR count). The van der Waals surface area contributed by atoms with Gasteiger partial charge in [0.05, 0.1) is 5.57 Å². The summed E-state index contributed by atoms with van der Waals surface area (Å²) in [5, 5.41) is 5.53. The Bertz CT molecular complexity index is 796. The van der Waals surface area contributed by atoms with Crippen molar-refractivity contribution in [2.45, 2.75) is 6.92 Å². The average molecular weight is 333 g/mol. The van der Waals surface area contributed by atoms with Crippen molar-refractivity contribution >= 4 is 46.0 Å². The summed E-state index contributed by atoms with van der Waals surface area (Å²) in [4.78, 5) is 26.5. The third-order valence-corrected chi connectivity index (χ3v) is 4.79. The number of rotatable bonds is 3. The van der Waals surface area contributed by atoms with Crippen molar-refractivity contribution in [1.29, 1.82) is 0 Å². The fourth-order valence-corrected chi connectivity index (χ4v) is 3.17. The van der Waals surface area contributed by atoms with Crippen molar-refractivity contribution in [2.24, 2.45) is 0 Å². The number of thiophene rings is 1. The Morgan fingerprint density at radius 3 is 2.59 bits per heavy atom. The Kier molecular flexibility index (Phi) is 3.76. The van der Waals surface area contributed by atoms with Crippen LogP contribution in [0.1, 0.15) is 10.4 Å². The molecule has 22 heavy (non-hydrogen) atoms. The Morgan fingerprint density at radius 1 is 1.18 bits per heavy atom. The molecule has 1 aliphatic rings. The molecule has 1 aliphatic heterocycles. The van der Waals surface area contributed by atoms with Crippen LogP contribution in [0.25, 0.3) is 5.57 Å². The number of likely N-dealkylation sites (N-methyl/N-ethyl adjacent to an activating group) is 1. The summed E-state index contributed by atoms with van der Waals surface area (Å²) in [6.45, 7) is 1.90. The van der Waals surface area contributed by atoms with Crippen molar-refractivity contribution in [1.82, 2.24) is 4.90 Å². The van der Waals surface area contributed by atoms with Crippen molar-refractivity contribution in [2.75, 3.05) is 12.4 Å². The van der Waals surface area contributed by atoms with E-state index in [-0.39, 0.29) is 17.5 Å². The molecule has 0 spiro atoms. The summed E-state index contributed by atoms with van der Waals surface area (Å²) in [5.74, 6) is -0.641. The van der Waals surface area contributed by atoms with E-state index in [9.17, 15) is 9.59 Å². The van der Waals surface area contributed by atoms with E-state index in [0.29, 0.717) is 16.3 Å². The molecule has 1 N–H and O–H groups in total. The lowest BCUT2D eigenvalue weighted by atomic mass is 10.1. The first-order valence-electron chi connectivity index (χ1n) is 6.62. The lowest BCUT2D eigenvalue weighted by Crippen LogP contribution is -2.27. The molecule has 2 aromatic rings. The van der Waals surface area contributed by atoms with Crippen LogP contribution < -0.4 is 5.32 Å². The molecule has 0 atom stereocenters. The Morgan fingerprint density at radius 2 is 1.95 bits per heavy atom. The van der Waals surface area contributed by atoms with E-state index < -0.39 is 0 Å². The largest absolute Gasteiger partial charge is 0.350 e. The monoisotopic (exact) mass is 332 g/mol. The third kappa shape index (κ3) is 2.42. The minimum absolute atomic E-state index is 0.287. The Balaban J connectivity index is 2.06. The lowest BCUT2D eigenvalue weighted by molar-refractivity contribution is -0.135. The van der Waals surface area contributed by atoms with E-state index in [4.69, 9.17) is 11.6 Å². The first-order chi connectivity index (χ1) is 10.5. The van der Waals surface area contributed by atoms with Crippen molar-refractivity contribution < 1.29 is 9.59 Å². The normalized spacial score (nSPS) is 15.0. The number of halogens is 1. The number of carbonyl (C=O) groups excluding carboxylic acids is 2. The molecular formula is C16H13ClN2O2S. The number of hydrogen-bond acceptors (Lipinski definition) is 4. The van der Waals surface area contributed by atoms with Crippen molar-refractivity contribution in [3.8, 4) is 0 Å². The number of nitrogens with one attached hydrogen (secondary N) is 1. The molecule has 0 radical (unpaired) electrons. The van der Waals surface area contributed by atoms with Gasteiger partial charge in [-0.25, -0.2) is 0 Å². The van der Waals surface area contributed by atoms with Crippen LogP contribution in [0, 0.1) is 6.92 Å². The predicted molar refractivity (Wildman–Crippen MR) is 88.8 cm³/mol. The van der Waals surface area contributed by atoms with Gasteiger partial charge in [-0.1, -0.05) is 23.7 Å². The minimum atomic E-state index is -0.343. The van der Waals surface area contributed by atoms with Gasteiger partial charge in [0.15, 0.2) is 0 Å². The van der Waals surface area contributed by atoms with Gasteiger partial charge < -0.3 is 5.32 Å². The highest BCUT2D eigenvalue weighted by molar-refractivity contribution is 7.11. The first-order valence-corrected chi connectivity index (χ1v) is 7.88. The van der Waals surface area contributed by atoms with Gasteiger partial charge in [0.2, 0.25) is 0 Å². The maximum absolute atomic E-state index is 12.3. The highest BCUT2D eigenvalue weighted by Crippen LogP contribution is 2.32. The zero-order chi connectivity index (χ0) is 15.9. The number of benzene rings is 1. The fraction of sp³-hybridized carbons (Fsp3) is 0.125. The van der Waals surface area contributed by atoms with E-state index in [2.05, 4.69) is 5.32 Å². The van der Waals surface area contributed by atoms with Crippen LogP contribution in [0.2, 0.25) is 5.02 Å². The Hall–Kier alpha value is -2.11. The van der Waals surface area contributed by atoms with Crippen LogP contribution in [-0.2, 0) is 9.59 Å². The van der Waals surface area contributed by atoms with E-state index in [1.54, 1.807) is 6.07 Å². The number of anilines is 1. The molecule has 0 bridgehead atoms. The topological polar surface area (TPSA) is 49.4 Å². The quantitative estimate of drug-likeness (QED) is 0.875. The molecule has 0 unspecified atom stereocenters. The number of nitrogens with zero attached hydrogens (tertiary/aromatic N) is 1. The molecule has 4 nitrogen and oxygen atoms in total. The second-order valence-electron chi connectivity index (χ2n) is 4.99. The van der Waals surface area contributed by atoms with Gasteiger partial charge in [-0.3, -0.25) is 14.5 Å². The smallest absolute Gasteiger partial charge is 0.277 e. The van der Waals surface area contributed by atoms with Crippen LogP contribution in [0.15, 0.2) is 41.4 Å². The van der Waals surface area contributed by atoms with Crippen molar-refractivity contribution in [3.63, 3.8) is 0 Å². The van der Waals surface area contributed by atoms with Crippen LogP contribution in [0.3, 0.4) is 0 Å². The lowest BCUT2D eigenvalue weighted by Gasteiger charge is -2.09. The number of hydrogen-bond donors (Lipinski definition) is 1. The number of imide groups is 1. The summed E-state index contributed by atoms with van der Waals surface area (Å²) in [5.41, 5.74) is 2.32. The van der Waals surface area contributed by atoms with Gasteiger partial charge in [0, 0.05) is 22.6 Å². The van der Waals surface area contributed by atoms with E-state index in [1.165, 1.54) is 18.4 Å². The average Bonchev–Trinajstić information content (AvgIpc) is 3.08. The van der Waals surface area contributed by atoms with E-state index in [0.717, 1.165) is 15.3 Å². The zero-order valence-corrected chi connectivity index (χ0v) is 13.6. The van der Waals surface area contributed by atoms with Crippen LogP contribution in [-0.4, -0.2) is 23.8 Å². The van der Waals surface area contributed by atoms with Gasteiger partial charge in [0.25, 0.3) is 11.8 Å². The second kappa shape index (κ2) is 5.59. The minimum Gasteiger partial charge on any atom is -0.350 e. The summed E-state index contributed by atoms with van der Waals surface area (Å²) >= 11 is 7.54. The Labute approximate surface area is 137 Å². The fourth-order valence-electron chi connectivity index (χ4n) is 2.22. The standard InChI is InChI=1S/C16H13ClN2O2S/c1-9-5-6-10(8-11(9)17)18-14-13(12-4-3-7-22-12)15(20)19(2)16(14)21/h3-8,18H,1-2H3. The molecule has 2 amide bonds. The molecule has 0 saturated carbocycles.